The zero-order chi connectivity index (χ0) is 9.43. The van der Waals surface area contributed by atoms with E-state index in [-0.39, 0.29) is 0 Å². The molecule has 1 aromatic carbocycles. The van der Waals surface area contributed by atoms with E-state index in [4.69, 9.17) is 0 Å². The van der Waals surface area contributed by atoms with Gasteiger partial charge in [0.25, 0.3) is 0 Å². The minimum atomic E-state index is 0.593. The fourth-order valence-corrected chi connectivity index (χ4v) is 2.49. The summed E-state index contributed by atoms with van der Waals surface area (Å²) in [7, 11) is 0. The van der Waals surface area contributed by atoms with Gasteiger partial charge in [-0.15, -0.1) is 0 Å². The van der Waals surface area contributed by atoms with Crippen molar-refractivity contribution in [3.63, 3.8) is 0 Å². The van der Waals surface area contributed by atoms with Gasteiger partial charge in [-0.3, -0.25) is 0 Å². The molecule has 0 aromatic heterocycles. The summed E-state index contributed by atoms with van der Waals surface area (Å²) in [6, 6.07) is 11.5. The molecule has 0 radical (unpaired) electrons. The third kappa shape index (κ3) is 1.18. The molecule has 1 unspecified atom stereocenters. The van der Waals surface area contributed by atoms with Crippen molar-refractivity contribution in [3.05, 3.63) is 35.9 Å². The first-order valence-electron chi connectivity index (χ1n) is 5.37. The van der Waals surface area contributed by atoms with Crippen molar-refractivity contribution in [2.45, 2.75) is 12.5 Å². The summed E-state index contributed by atoms with van der Waals surface area (Å²) < 4.78 is 0. The first kappa shape index (κ1) is 8.45. The van der Waals surface area contributed by atoms with Gasteiger partial charge >= 0.3 is 0 Å². The minimum absolute atomic E-state index is 0.593. The Kier molecular flexibility index (Phi) is 1.85. The third-order valence-electron chi connectivity index (χ3n) is 3.68. The molecule has 2 aliphatic rings. The summed E-state index contributed by atoms with van der Waals surface area (Å²) in [6.45, 7) is 3.62. The molecule has 0 amide bonds. The van der Waals surface area contributed by atoms with Gasteiger partial charge in [-0.1, -0.05) is 30.3 Å². The Balaban J connectivity index is 1.68. The van der Waals surface area contributed by atoms with Crippen LogP contribution in [0, 0.1) is 5.41 Å². The van der Waals surface area contributed by atoms with Gasteiger partial charge < -0.3 is 10.6 Å². The average Bonchev–Trinajstić information content (AvgIpc) is 2.12. The standard InChI is InChI=1S/C12H16N2/c1-2-4-10(5-3-1)6-11-12(9-14-11)7-13-8-12/h1-5,11,13-14H,6-9H2. The zero-order valence-electron chi connectivity index (χ0n) is 8.29. The van der Waals surface area contributed by atoms with Crippen molar-refractivity contribution < 1.29 is 0 Å². The van der Waals surface area contributed by atoms with E-state index in [9.17, 15) is 0 Å². The van der Waals surface area contributed by atoms with Crippen molar-refractivity contribution in [1.82, 2.24) is 10.6 Å². The Labute approximate surface area is 84.7 Å². The molecule has 2 aliphatic heterocycles. The molecule has 0 saturated carbocycles. The molecule has 2 fully saturated rings. The van der Waals surface area contributed by atoms with Gasteiger partial charge in [0.1, 0.15) is 0 Å². The van der Waals surface area contributed by atoms with E-state index in [0.717, 1.165) is 0 Å². The fourth-order valence-electron chi connectivity index (χ4n) is 2.49. The van der Waals surface area contributed by atoms with Crippen molar-refractivity contribution in [2.75, 3.05) is 19.6 Å². The van der Waals surface area contributed by atoms with Crippen LogP contribution in [-0.4, -0.2) is 25.7 Å². The molecule has 1 aromatic rings. The second-order valence-corrected chi connectivity index (χ2v) is 4.59. The minimum Gasteiger partial charge on any atom is -0.315 e. The van der Waals surface area contributed by atoms with Crippen LogP contribution in [0.2, 0.25) is 0 Å². The Bertz CT molecular complexity index is 311. The van der Waals surface area contributed by atoms with E-state index < -0.39 is 0 Å². The van der Waals surface area contributed by atoms with Gasteiger partial charge in [-0.05, 0) is 12.0 Å². The number of hydrogen-bond acceptors (Lipinski definition) is 2. The largest absolute Gasteiger partial charge is 0.315 e. The molecular formula is C12H16N2. The molecule has 74 valence electrons. The SMILES string of the molecule is c1ccc(CC2NCC23CNC3)cc1. The van der Waals surface area contributed by atoms with Gasteiger partial charge in [0.05, 0.1) is 0 Å². The molecule has 2 N–H and O–H groups in total. The normalized spacial score (nSPS) is 28.1. The first-order valence-corrected chi connectivity index (χ1v) is 5.37. The Morgan fingerprint density at radius 2 is 1.93 bits per heavy atom. The summed E-state index contributed by atoms with van der Waals surface area (Å²) in [4.78, 5) is 0. The number of benzene rings is 1. The van der Waals surface area contributed by atoms with Crippen LogP contribution in [0.25, 0.3) is 0 Å². The molecule has 14 heavy (non-hydrogen) atoms. The second kappa shape index (κ2) is 3.07. The van der Waals surface area contributed by atoms with Gasteiger partial charge in [0, 0.05) is 31.1 Å². The first-order chi connectivity index (χ1) is 6.89. The van der Waals surface area contributed by atoms with Crippen LogP contribution < -0.4 is 10.6 Å². The highest BCUT2D eigenvalue weighted by atomic mass is 15.2. The van der Waals surface area contributed by atoms with E-state index in [0.29, 0.717) is 11.5 Å². The van der Waals surface area contributed by atoms with E-state index in [1.807, 2.05) is 0 Å². The molecule has 0 bridgehead atoms. The van der Waals surface area contributed by atoms with Crippen LogP contribution in [0.15, 0.2) is 30.3 Å². The van der Waals surface area contributed by atoms with Crippen LogP contribution >= 0.6 is 0 Å². The Hall–Kier alpha value is -0.860. The highest BCUT2D eigenvalue weighted by Crippen LogP contribution is 2.35. The second-order valence-electron chi connectivity index (χ2n) is 4.59. The number of rotatable bonds is 2. The van der Waals surface area contributed by atoms with Crippen molar-refractivity contribution >= 4 is 0 Å². The van der Waals surface area contributed by atoms with Crippen molar-refractivity contribution in [3.8, 4) is 0 Å². The smallest absolute Gasteiger partial charge is 0.0234 e. The van der Waals surface area contributed by atoms with E-state index in [2.05, 4.69) is 41.0 Å². The van der Waals surface area contributed by atoms with E-state index in [1.54, 1.807) is 0 Å². The molecular weight excluding hydrogens is 172 g/mol. The summed E-state index contributed by atoms with van der Waals surface area (Å²) in [5.74, 6) is 0. The molecule has 2 nitrogen and oxygen atoms in total. The lowest BCUT2D eigenvalue weighted by Gasteiger charge is -2.57. The number of hydrogen-bond donors (Lipinski definition) is 2. The molecule has 2 heterocycles. The maximum atomic E-state index is 3.55. The van der Waals surface area contributed by atoms with E-state index in [1.165, 1.54) is 31.6 Å². The monoisotopic (exact) mass is 188 g/mol. The van der Waals surface area contributed by atoms with E-state index >= 15 is 0 Å². The maximum absolute atomic E-state index is 3.55. The highest BCUT2D eigenvalue weighted by Gasteiger charge is 2.50. The number of nitrogens with one attached hydrogen (secondary N) is 2. The molecule has 0 aliphatic carbocycles. The molecule has 2 saturated heterocycles. The lowest BCUT2D eigenvalue weighted by molar-refractivity contribution is 0.0221. The van der Waals surface area contributed by atoms with Gasteiger partial charge in [-0.2, -0.15) is 0 Å². The lowest BCUT2D eigenvalue weighted by atomic mass is 9.67. The maximum Gasteiger partial charge on any atom is 0.0234 e. The van der Waals surface area contributed by atoms with Crippen LogP contribution in [0.4, 0.5) is 0 Å². The quantitative estimate of drug-likeness (QED) is 0.717. The van der Waals surface area contributed by atoms with Gasteiger partial charge in [-0.25, -0.2) is 0 Å². The van der Waals surface area contributed by atoms with Crippen LogP contribution in [-0.2, 0) is 6.42 Å². The zero-order valence-corrected chi connectivity index (χ0v) is 8.29. The summed E-state index contributed by atoms with van der Waals surface area (Å²) in [5, 5.41) is 6.93. The van der Waals surface area contributed by atoms with Crippen LogP contribution in [0.1, 0.15) is 5.56 Å². The lowest BCUT2D eigenvalue weighted by Crippen LogP contribution is -2.76. The molecule has 3 rings (SSSR count). The molecule has 1 atom stereocenters. The summed E-state index contributed by atoms with van der Waals surface area (Å²) >= 11 is 0. The third-order valence-corrected chi connectivity index (χ3v) is 3.68. The summed E-state index contributed by atoms with van der Waals surface area (Å²) in [6.07, 6.45) is 1.18. The predicted molar refractivity (Wildman–Crippen MR) is 57.2 cm³/mol. The molecule has 1 spiro atoms. The topological polar surface area (TPSA) is 24.1 Å². The van der Waals surface area contributed by atoms with Crippen LogP contribution in [0.3, 0.4) is 0 Å². The average molecular weight is 188 g/mol. The highest BCUT2D eigenvalue weighted by molar-refractivity contribution is 5.20. The van der Waals surface area contributed by atoms with Crippen molar-refractivity contribution in [2.24, 2.45) is 5.41 Å². The van der Waals surface area contributed by atoms with Crippen molar-refractivity contribution in [1.29, 1.82) is 0 Å². The van der Waals surface area contributed by atoms with Gasteiger partial charge in [0.2, 0.25) is 0 Å². The molecule has 2 heteroatoms. The summed E-state index contributed by atoms with van der Waals surface area (Å²) in [5.41, 5.74) is 2.05. The van der Waals surface area contributed by atoms with Gasteiger partial charge in [0.15, 0.2) is 0 Å². The van der Waals surface area contributed by atoms with Crippen LogP contribution in [0.5, 0.6) is 0 Å². The Morgan fingerprint density at radius 3 is 2.43 bits per heavy atom. The predicted octanol–water partition coefficient (Wildman–Crippen LogP) is 0.790. The Morgan fingerprint density at radius 1 is 1.14 bits per heavy atom. The fraction of sp³-hybridized carbons (Fsp3) is 0.500.